The molecule has 1 atom stereocenters. The molecular weight excluding hydrogens is 279 g/mol. The molecular formula is C16H16ClFO2. The summed E-state index contributed by atoms with van der Waals surface area (Å²) in [6.07, 6.45) is -0.703. The zero-order valence-electron chi connectivity index (χ0n) is 11.1. The summed E-state index contributed by atoms with van der Waals surface area (Å²) in [5, 5.41) is 10.6. The first kappa shape index (κ1) is 14.8. The van der Waals surface area contributed by atoms with E-state index in [2.05, 4.69) is 0 Å². The van der Waals surface area contributed by atoms with Crippen LogP contribution < -0.4 is 4.74 Å². The first-order chi connectivity index (χ1) is 9.61. The van der Waals surface area contributed by atoms with Gasteiger partial charge in [-0.3, -0.25) is 0 Å². The fraction of sp³-hybridized carbons (Fsp3) is 0.250. The number of rotatable bonds is 5. The van der Waals surface area contributed by atoms with E-state index in [0.717, 1.165) is 0 Å². The highest BCUT2D eigenvalue weighted by atomic mass is 35.5. The summed E-state index contributed by atoms with van der Waals surface area (Å²) in [5.74, 6) is 0.279. The Labute approximate surface area is 122 Å². The Morgan fingerprint density at radius 1 is 1.25 bits per heavy atom. The molecule has 4 heteroatoms. The monoisotopic (exact) mass is 294 g/mol. The van der Waals surface area contributed by atoms with Gasteiger partial charge >= 0.3 is 0 Å². The molecule has 106 valence electrons. The third kappa shape index (κ3) is 3.50. The molecule has 0 radical (unpaired) electrons. The van der Waals surface area contributed by atoms with Gasteiger partial charge in [-0.05, 0) is 36.8 Å². The lowest BCUT2D eigenvalue weighted by Crippen LogP contribution is -2.05. The van der Waals surface area contributed by atoms with Crippen LogP contribution in [0.25, 0.3) is 0 Å². The normalized spacial score (nSPS) is 12.2. The average molecular weight is 295 g/mol. The van der Waals surface area contributed by atoms with Crippen molar-refractivity contribution in [2.75, 3.05) is 6.61 Å². The van der Waals surface area contributed by atoms with E-state index >= 15 is 0 Å². The molecule has 0 amide bonds. The molecule has 0 aromatic heterocycles. The van der Waals surface area contributed by atoms with Gasteiger partial charge in [0.1, 0.15) is 11.6 Å². The maximum atomic E-state index is 13.7. The van der Waals surface area contributed by atoms with Crippen LogP contribution in [0, 0.1) is 5.82 Å². The highest BCUT2D eigenvalue weighted by Crippen LogP contribution is 2.27. The molecule has 20 heavy (non-hydrogen) atoms. The van der Waals surface area contributed by atoms with Gasteiger partial charge in [0.15, 0.2) is 0 Å². The van der Waals surface area contributed by atoms with Gasteiger partial charge in [0.05, 0.1) is 12.7 Å². The molecule has 0 saturated heterocycles. The van der Waals surface area contributed by atoms with Gasteiger partial charge in [0, 0.05) is 17.0 Å². The lowest BCUT2D eigenvalue weighted by molar-refractivity contribution is 0.176. The number of halogens is 2. The van der Waals surface area contributed by atoms with Gasteiger partial charge in [0.2, 0.25) is 0 Å². The van der Waals surface area contributed by atoms with Crippen molar-refractivity contribution >= 4 is 11.6 Å². The minimum atomic E-state index is -0.829. The fourth-order valence-corrected chi connectivity index (χ4v) is 2.26. The molecule has 0 saturated carbocycles. The Balaban J connectivity index is 2.19. The van der Waals surface area contributed by atoms with Crippen LogP contribution in [-0.2, 0) is 6.42 Å². The SMILES string of the molecule is CCOc1cccc(C(O)Cc2c(F)cccc2Cl)c1. The summed E-state index contributed by atoms with van der Waals surface area (Å²) in [6, 6.07) is 11.6. The first-order valence-electron chi connectivity index (χ1n) is 6.45. The van der Waals surface area contributed by atoms with Crippen LogP contribution in [0.5, 0.6) is 5.75 Å². The van der Waals surface area contributed by atoms with Crippen molar-refractivity contribution in [2.24, 2.45) is 0 Å². The molecule has 0 heterocycles. The molecule has 2 aromatic rings. The van der Waals surface area contributed by atoms with E-state index in [1.54, 1.807) is 30.3 Å². The summed E-state index contributed by atoms with van der Waals surface area (Å²) in [6.45, 7) is 2.45. The Hall–Kier alpha value is -1.58. The largest absolute Gasteiger partial charge is 0.494 e. The van der Waals surface area contributed by atoms with Crippen molar-refractivity contribution in [3.8, 4) is 5.75 Å². The maximum absolute atomic E-state index is 13.7. The molecule has 1 unspecified atom stereocenters. The molecule has 0 aliphatic rings. The highest BCUT2D eigenvalue weighted by molar-refractivity contribution is 6.31. The van der Waals surface area contributed by atoms with Crippen molar-refractivity contribution in [3.05, 3.63) is 64.4 Å². The topological polar surface area (TPSA) is 29.5 Å². The third-order valence-electron chi connectivity index (χ3n) is 3.01. The van der Waals surface area contributed by atoms with Crippen LogP contribution in [0.2, 0.25) is 5.02 Å². The van der Waals surface area contributed by atoms with Gasteiger partial charge in [0.25, 0.3) is 0 Å². The van der Waals surface area contributed by atoms with Crippen LogP contribution in [0.3, 0.4) is 0 Å². The quantitative estimate of drug-likeness (QED) is 0.897. The Morgan fingerprint density at radius 2 is 2.00 bits per heavy atom. The lowest BCUT2D eigenvalue weighted by atomic mass is 10.0. The molecule has 0 bridgehead atoms. The van der Waals surface area contributed by atoms with Crippen LogP contribution in [-0.4, -0.2) is 11.7 Å². The van der Waals surface area contributed by atoms with Gasteiger partial charge in [-0.2, -0.15) is 0 Å². The molecule has 0 spiro atoms. The van der Waals surface area contributed by atoms with E-state index in [1.165, 1.54) is 6.07 Å². The summed E-state index contributed by atoms with van der Waals surface area (Å²) < 4.78 is 19.1. The Morgan fingerprint density at radius 3 is 2.70 bits per heavy atom. The van der Waals surface area contributed by atoms with Crippen LogP contribution in [0.1, 0.15) is 24.2 Å². The summed E-state index contributed by atoms with van der Waals surface area (Å²) in [5.41, 5.74) is 0.999. The van der Waals surface area contributed by atoms with E-state index in [0.29, 0.717) is 28.5 Å². The lowest BCUT2D eigenvalue weighted by Gasteiger charge is -2.14. The number of aliphatic hydroxyl groups is 1. The molecule has 0 aliphatic carbocycles. The zero-order chi connectivity index (χ0) is 14.5. The van der Waals surface area contributed by atoms with E-state index in [4.69, 9.17) is 16.3 Å². The van der Waals surface area contributed by atoms with Gasteiger partial charge in [-0.1, -0.05) is 29.8 Å². The molecule has 2 aromatic carbocycles. The van der Waals surface area contributed by atoms with E-state index < -0.39 is 11.9 Å². The van der Waals surface area contributed by atoms with Crippen LogP contribution >= 0.6 is 11.6 Å². The summed E-state index contributed by atoms with van der Waals surface area (Å²) >= 11 is 5.97. The van der Waals surface area contributed by atoms with Gasteiger partial charge in [-0.25, -0.2) is 4.39 Å². The smallest absolute Gasteiger partial charge is 0.127 e. The Kier molecular flexibility index (Phi) is 4.99. The second-order valence-corrected chi connectivity index (χ2v) is 4.83. The van der Waals surface area contributed by atoms with Gasteiger partial charge in [-0.15, -0.1) is 0 Å². The van der Waals surface area contributed by atoms with Gasteiger partial charge < -0.3 is 9.84 Å². The number of aliphatic hydroxyl groups excluding tert-OH is 1. The highest BCUT2D eigenvalue weighted by Gasteiger charge is 2.14. The molecule has 0 aliphatic heterocycles. The second kappa shape index (κ2) is 6.73. The predicted octanol–water partition coefficient (Wildman–Crippen LogP) is 4.15. The minimum Gasteiger partial charge on any atom is -0.494 e. The van der Waals surface area contributed by atoms with Crippen molar-refractivity contribution < 1.29 is 14.2 Å². The summed E-state index contributed by atoms with van der Waals surface area (Å²) in [7, 11) is 0. The molecule has 2 nitrogen and oxygen atoms in total. The van der Waals surface area contributed by atoms with Crippen molar-refractivity contribution in [3.63, 3.8) is 0 Å². The van der Waals surface area contributed by atoms with Crippen molar-refractivity contribution in [2.45, 2.75) is 19.4 Å². The van der Waals surface area contributed by atoms with Crippen molar-refractivity contribution in [1.82, 2.24) is 0 Å². The third-order valence-corrected chi connectivity index (χ3v) is 3.37. The minimum absolute atomic E-state index is 0.126. The maximum Gasteiger partial charge on any atom is 0.127 e. The molecule has 2 rings (SSSR count). The van der Waals surface area contributed by atoms with E-state index in [1.807, 2.05) is 13.0 Å². The molecule has 0 fully saturated rings. The second-order valence-electron chi connectivity index (χ2n) is 4.43. The van der Waals surface area contributed by atoms with E-state index in [-0.39, 0.29) is 6.42 Å². The average Bonchev–Trinajstić information content (AvgIpc) is 2.43. The Bertz CT molecular complexity index is 566. The number of hydrogen-bond acceptors (Lipinski definition) is 2. The predicted molar refractivity (Wildman–Crippen MR) is 77.7 cm³/mol. The van der Waals surface area contributed by atoms with E-state index in [9.17, 15) is 9.50 Å². The zero-order valence-corrected chi connectivity index (χ0v) is 11.9. The summed E-state index contributed by atoms with van der Waals surface area (Å²) in [4.78, 5) is 0. The van der Waals surface area contributed by atoms with Crippen LogP contribution in [0.4, 0.5) is 4.39 Å². The first-order valence-corrected chi connectivity index (χ1v) is 6.83. The molecule has 1 N–H and O–H groups in total. The number of ether oxygens (including phenoxy) is 1. The fourth-order valence-electron chi connectivity index (χ4n) is 2.02. The standard InChI is InChI=1S/C16H16ClFO2/c1-2-20-12-6-3-5-11(9-12)16(19)10-13-14(17)7-4-8-15(13)18/h3-9,16,19H,2,10H2,1H3. The number of hydrogen-bond donors (Lipinski definition) is 1. The van der Waals surface area contributed by atoms with Crippen molar-refractivity contribution in [1.29, 1.82) is 0 Å². The number of benzene rings is 2. The van der Waals surface area contributed by atoms with Crippen LogP contribution in [0.15, 0.2) is 42.5 Å².